The van der Waals surface area contributed by atoms with E-state index >= 15 is 0 Å². The van der Waals surface area contributed by atoms with Crippen LogP contribution in [0.1, 0.15) is 33.6 Å². The lowest BCUT2D eigenvalue weighted by atomic mass is 10.1. The van der Waals surface area contributed by atoms with E-state index in [-0.39, 0.29) is 33.5 Å². The summed E-state index contributed by atoms with van der Waals surface area (Å²) >= 11 is 0. The monoisotopic (exact) mass is 470 g/mol. The minimum absolute atomic E-state index is 0.0355. The number of nitrogens with one attached hydrogen (secondary N) is 2. The van der Waals surface area contributed by atoms with Gasteiger partial charge in [0.25, 0.3) is 5.91 Å². The predicted octanol–water partition coefficient (Wildman–Crippen LogP) is 2.78. The molecule has 0 unspecified atom stereocenters. The zero-order valence-electron chi connectivity index (χ0n) is 17.1. The number of sulfonamides is 1. The molecule has 1 aliphatic carbocycles. The Hall–Kier alpha value is -3.25. The quantitative estimate of drug-likeness (QED) is 0.541. The molecule has 172 valence electrons. The third-order valence-electron chi connectivity index (χ3n) is 4.48. The number of hydrogen-bond donors (Lipinski definition) is 2. The van der Waals surface area contributed by atoms with Crippen LogP contribution in [0.5, 0.6) is 11.5 Å². The number of carbonyl (C=O) groups excluding carboxylic acids is 2. The molecule has 1 amide bonds. The Morgan fingerprint density at radius 1 is 1.09 bits per heavy atom. The normalized spacial score (nSPS) is 13.5. The summed E-state index contributed by atoms with van der Waals surface area (Å²) in [6.07, 6.45) is 1.49. The second kappa shape index (κ2) is 9.49. The molecule has 1 fully saturated rings. The van der Waals surface area contributed by atoms with Gasteiger partial charge in [0, 0.05) is 23.7 Å². The van der Waals surface area contributed by atoms with Gasteiger partial charge in [-0.3, -0.25) is 4.79 Å². The molecular weight excluding hydrogens is 450 g/mol. The first kappa shape index (κ1) is 23.4. The van der Waals surface area contributed by atoms with Gasteiger partial charge in [0.15, 0.2) is 11.5 Å². The first-order valence-corrected chi connectivity index (χ1v) is 10.8. The van der Waals surface area contributed by atoms with Gasteiger partial charge >= 0.3 is 12.6 Å². The second-order valence-corrected chi connectivity index (χ2v) is 8.51. The summed E-state index contributed by atoms with van der Waals surface area (Å²) in [5.41, 5.74) is -0.409. The van der Waals surface area contributed by atoms with E-state index in [1.54, 1.807) is 0 Å². The lowest BCUT2D eigenvalue weighted by molar-refractivity contribution is -0.0511. The van der Waals surface area contributed by atoms with Gasteiger partial charge < -0.3 is 19.5 Å². The number of ether oxygens (including phenoxy) is 3. The Morgan fingerprint density at radius 3 is 2.41 bits per heavy atom. The molecule has 2 aromatic rings. The second-order valence-electron chi connectivity index (χ2n) is 6.80. The number of carbonyl (C=O) groups is 2. The van der Waals surface area contributed by atoms with Crippen LogP contribution in [0.15, 0.2) is 41.3 Å². The summed E-state index contributed by atoms with van der Waals surface area (Å²) in [6.45, 7) is -3.18. The van der Waals surface area contributed by atoms with Crippen molar-refractivity contribution in [1.29, 1.82) is 0 Å². The largest absolute Gasteiger partial charge is 0.493 e. The number of esters is 1. The Balaban J connectivity index is 1.94. The third kappa shape index (κ3) is 5.51. The van der Waals surface area contributed by atoms with Crippen molar-refractivity contribution in [3.8, 4) is 11.5 Å². The number of benzene rings is 2. The Morgan fingerprint density at radius 2 is 1.81 bits per heavy atom. The number of amides is 1. The van der Waals surface area contributed by atoms with Crippen molar-refractivity contribution in [1.82, 2.24) is 4.72 Å². The first-order chi connectivity index (χ1) is 15.1. The standard InChI is InChI=1S/C20H20F2N2O7S/c1-29-16-9-14(19(26)30-2)15(10-17(16)31-20(21)22)23-18(25)11-4-3-5-13(8-11)32(27,28)24-12-6-7-12/h3-5,8-10,12,20,24H,6-7H2,1-2H3,(H,23,25). The van der Waals surface area contributed by atoms with Crippen LogP contribution < -0.4 is 19.5 Å². The maximum absolute atomic E-state index is 12.8. The first-order valence-electron chi connectivity index (χ1n) is 9.33. The van der Waals surface area contributed by atoms with Crippen LogP contribution in [0.2, 0.25) is 0 Å². The van der Waals surface area contributed by atoms with Crippen LogP contribution in [0.3, 0.4) is 0 Å². The van der Waals surface area contributed by atoms with Crippen molar-refractivity contribution < 1.29 is 41.0 Å². The van der Waals surface area contributed by atoms with E-state index in [1.807, 2.05) is 0 Å². The fourth-order valence-electron chi connectivity index (χ4n) is 2.78. The van der Waals surface area contributed by atoms with Crippen LogP contribution in [0.4, 0.5) is 14.5 Å². The molecule has 0 radical (unpaired) electrons. The molecular formula is C20H20F2N2O7S. The summed E-state index contributed by atoms with van der Waals surface area (Å²) in [5.74, 6) is -2.25. The van der Waals surface area contributed by atoms with Crippen molar-refractivity contribution in [2.24, 2.45) is 0 Å². The molecule has 12 heteroatoms. The number of halogens is 2. The molecule has 0 spiro atoms. The highest BCUT2D eigenvalue weighted by Crippen LogP contribution is 2.35. The molecule has 1 aliphatic rings. The molecule has 3 rings (SSSR count). The molecule has 2 aromatic carbocycles. The fourth-order valence-corrected chi connectivity index (χ4v) is 4.13. The maximum atomic E-state index is 12.8. The van der Waals surface area contributed by atoms with Gasteiger partial charge in [-0.2, -0.15) is 8.78 Å². The number of alkyl halides is 2. The highest BCUT2D eigenvalue weighted by molar-refractivity contribution is 7.89. The lowest BCUT2D eigenvalue weighted by Gasteiger charge is -2.16. The van der Waals surface area contributed by atoms with Crippen molar-refractivity contribution >= 4 is 27.6 Å². The van der Waals surface area contributed by atoms with E-state index < -0.39 is 34.3 Å². The Labute approximate surface area is 182 Å². The summed E-state index contributed by atoms with van der Waals surface area (Å²) in [5, 5.41) is 2.40. The lowest BCUT2D eigenvalue weighted by Crippen LogP contribution is -2.26. The molecule has 0 atom stereocenters. The van der Waals surface area contributed by atoms with Gasteiger partial charge in [-0.05, 0) is 31.0 Å². The zero-order chi connectivity index (χ0) is 23.5. The highest BCUT2D eigenvalue weighted by atomic mass is 32.2. The summed E-state index contributed by atoms with van der Waals surface area (Å²) in [6, 6.07) is 7.21. The van der Waals surface area contributed by atoms with E-state index in [1.165, 1.54) is 25.3 Å². The molecule has 9 nitrogen and oxygen atoms in total. The average Bonchev–Trinajstić information content (AvgIpc) is 3.56. The van der Waals surface area contributed by atoms with Crippen LogP contribution in [-0.2, 0) is 14.8 Å². The number of rotatable bonds is 9. The van der Waals surface area contributed by atoms with Gasteiger partial charge in [-0.25, -0.2) is 17.9 Å². The minimum atomic E-state index is -3.80. The van der Waals surface area contributed by atoms with Gasteiger partial charge in [0.1, 0.15) is 0 Å². The maximum Gasteiger partial charge on any atom is 0.387 e. The van der Waals surface area contributed by atoms with Gasteiger partial charge in [-0.15, -0.1) is 0 Å². The molecule has 1 saturated carbocycles. The summed E-state index contributed by atoms with van der Waals surface area (Å²) in [7, 11) is -1.51. The smallest absolute Gasteiger partial charge is 0.387 e. The van der Waals surface area contributed by atoms with Gasteiger partial charge in [0.05, 0.1) is 30.4 Å². The molecule has 0 heterocycles. The van der Waals surface area contributed by atoms with Crippen molar-refractivity contribution in [3.63, 3.8) is 0 Å². The Bertz CT molecular complexity index is 1130. The van der Waals surface area contributed by atoms with E-state index in [4.69, 9.17) is 4.74 Å². The van der Waals surface area contributed by atoms with E-state index in [2.05, 4.69) is 19.5 Å². The molecule has 0 saturated heterocycles. The predicted molar refractivity (Wildman–Crippen MR) is 109 cm³/mol. The Kier molecular flexibility index (Phi) is 6.94. The number of hydrogen-bond acceptors (Lipinski definition) is 7. The SMILES string of the molecule is COC(=O)c1cc(OC)c(OC(F)F)cc1NC(=O)c1cccc(S(=O)(=O)NC2CC2)c1. The molecule has 0 bridgehead atoms. The summed E-state index contributed by atoms with van der Waals surface area (Å²) in [4.78, 5) is 24.8. The number of methoxy groups -OCH3 is 2. The fraction of sp³-hybridized carbons (Fsp3) is 0.300. The van der Waals surface area contributed by atoms with E-state index in [9.17, 15) is 26.8 Å². The van der Waals surface area contributed by atoms with Gasteiger partial charge in [0.2, 0.25) is 10.0 Å². The zero-order valence-corrected chi connectivity index (χ0v) is 17.9. The third-order valence-corrected chi connectivity index (χ3v) is 6.00. The molecule has 0 aromatic heterocycles. The molecule has 0 aliphatic heterocycles. The molecule has 32 heavy (non-hydrogen) atoms. The van der Waals surface area contributed by atoms with Crippen LogP contribution in [-0.4, -0.2) is 47.2 Å². The van der Waals surface area contributed by atoms with Crippen LogP contribution in [0, 0.1) is 0 Å². The summed E-state index contributed by atoms with van der Waals surface area (Å²) < 4.78 is 66.9. The van der Waals surface area contributed by atoms with Gasteiger partial charge in [-0.1, -0.05) is 6.07 Å². The molecule has 2 N–H and O–H groups in total. The van der Waals surface area contributed by atoms with Crippen LogP contribution >= 0.6 is 0 Å². The van der Waals surface area contributed by atoms with Crippen LogP contribution in [0.25, 0.3) is 0 Å². The highest BCUT2D eigenvalue weighted by Gasteiger charge is 2.28. The minimum Gasteiger partial charge on any atom is -0.493 e. The average molecular weight is 470 g/mol. The number of anilines is 1. The van der Waals surface area contributed by atoms with E-state index in [0.717, 1.165) is 38.2 Å². The topological polar surface area (TPSA) is 120 Å². The van der Waals surface area contributed by atoms with E-state index in [0.29, 0.717) is 0 Å². The van der Waals surface area contributed by atoms with Crippen molar-refractivity contribution in [2.75, 3.05) is 19.5 Å². The van der Waals surface area contributed by atoms with Crippen molar-refractivity contribution in [2.45, 2.75) is 30.4 Å². The van der Waals surface area contributed by atoms with Crippen molar-refractivity contribution in [3.05, 3.63) is 47.5 Å².